The normalized spacial score (nSPS) is 10.2. The lowest BCUT2D eigenvalue weighted by Crippen LogP contribution is -2.02. The molecule has 0 heterocycles. The molecule has 0 N–H and O–H groups in total. The van der Waals surface area contributed by atoms with Gasteiger partial charge in [0.1, 0.15) is 18.2 Å². The van der Waals surface area contributed by atoms with Crippen molar-refractivity contribution >= 4 is 21.9 Å². The van der Waals surface area contributed by atoms with Gasteiger partial charge in [0.2, 0.25) is 0 Å². The van der Waals surface area contributed by atoms with Crippen LogP contribution in [0.25, 0.3) is 0 Å². The van der Waals surface area contributed by atoms with Crippen molar-refractivity contribution in [2.24, 2.45) is 0 Å². The lowest BCUT2D eigenvalue weighted by atomic mass is 10.1. The van der Waals surface area contributed by atoms with Crippen LogP contribution in [0.3, 0.4) is 0 Å². The molecule has 104 valence electrons. The molecular weight excluding hydrogens is 327 g/mol. The molecule has 2 rings (SSSR count). The van der Waals surface area contributed by atoms with Crippen LogP contribution in [0.4, 0.5) is 4.39 Å². The maximum absolute atomic E-state index is 13.1. The Morgan fingerprint density at radius 3 is 2.50 bits per heavy atom. The minimum atomic E-state index is -0.375. The molecule has 0 bridgehead atoms. The first-order valence-electron chi connectivity index (χ1n) is 5.85. The topological polar surface area (TPSA) is 35.5 Å². The van der Waals surface area contributed by atoms with Gasteiger partial charge in [0.05, 0.1) is 17.1 Å². The molecule has 0 amide bonds. The standard InChI is InChI=1S/C15H12BrFO3/c1-19-15(18)11-4-2-10(3-5-11)9-20-12-6-7-14(17)13(16)8-12/h2-8H,9H2,1H3. The van der Waals surface area contributed by atoms with Crippen molar-refractivity contribution in [3.63, 3.8) is 0 Å². The van der Waals surface area contributed by atoms with E-state index in [-0.39, 0.29) is 11.8 Å². The minimum Gasteiger partial charge on any atom is -0.489 e. The predicted molar refractivity (Wildman–Crippen MR) is 76.2 cm³/mol. The summed E-state index contributed by atoms with van der Waals surface area (Å²) in [5, 5.41) is 0. The van der Waals surface area contributed by atoms with Crippen LogP contribution in [-0.2, 0) is 11.3 Å². The van der Waals surface area contributed by atoms with Crippen LogP contribution >= 0.6 is 15.9 Å². The summed E-state index contributed by atoms with van der Waals surface area (Å²) in [7, 11) is 1.34. The first-order chi connectivity index (χ1) is 9.60. The maximum atomic E-state index is 13.1. The molecule has 0 radical (unpaired) electrons. The van der Waals surface area contributed by atoms with Gasteiger partial charge in [0.15, 0.2) is 0 Å². The largest absolute Gasteiger partial charge is 0.489 e. The molecule has 2 aromatic rings. The highest BCUT2D eigenvalue weighted by Gasteiger charge is 2.05. The Kier molecular flexibility index (Phi) is 4.74. The number of hydrogen-bond donors (Lipinski definition) is 0. The van der Waals surface area contributed by atoms with Gasteiger partial charge in [-0.25, -0.2) is 9.18 Å². The van der Waals surface area contributed by atoms with E-state index in [1.54, 1.807) is 36.4 Å². The van der Waals surface area contributed by atoms with Gasteiger partial charge in [-0.1, -0.05) is 12.1 Å². The van der Waals surface area contributed by atoms with Crippen molar-refractivity contribution in [2.45, 2.75) is 6.61 Å². The summed E-state index contributed by atoms with van der Waals surface area (Å²) in [4.78, 5) is 11.3. The van der Waals surface area contributed by atoms with Crippen molar-refractivity contribution in [3.05, 3.63) is 63.9 Å². The molecule has 0 unspecified atom stereocenters. The van der Waals surface area contributed by atoms with Gasteiger partial charge >= 0.3 is 5.97 Å². The van der Waals surface area contributed by atoms with E-state index < -0.39 is 0 Å². The molecule has 0 atom stereocenters. The highest BCUT2D eigenvalue weighted by Crippen LogP contribution is 2.22. The number of halogens is 2. The molecule has 0 saturated carbocycles. The summed E-state index contributed by atoms with van der Waals surface area (Å²) >= 11 is 3.10. The molecule has 0 fully saturated rings. The SMILES string of the molecule is COC(=O)c1ccc(COc2ccc(F)c(Br)c2)cc1. The van der Waals surface area contributed by atoms with Gasteiger partial charge in [-0.3, -0.25) is 0 Å². The van der Waals surface area contributed by atoms with E-state index >= 15 is 0 Å². The minimum absolute atomic E-state index is 0.333. The van der Waals surface area contributed by atoms with Crippen LogP contribution in [0, 0.1) is 5.82 Å². The zero-order valence-corrected chi connectivity index (χ0v) is 12.3. The summed E-state index contributed by atoms with van der Waals surface area (Å²) < 4.78 is 23.6. The smallest absolute Gasteiger partial charge is 0.337 e. The highest BCUT2D eigenvalue weighted by atomic mass is 79.9. The Hall–Kier alpha value is -1.88. The molecule has 0 aliphatic rings. The van der Waals surface area contributed by atoms with E-state index in [1.165, 1.54) is 13.2 Å². The summed E-state index contributed by atoms with van der Waals surface area (Å²) in [6.45, 7) is 0.333. The van der Waals surface area contributed by atoms with E-state index in [9.17, 15) is 9.18 Å². The summed E-state index contributed by atoms with van der Waals surface area (Å²) in [5.41, 5.74) is 1.39. The second-order valence-corrected chi connectivity index (χ2v) is 4.91. The number of esters is 1. The van der Waals surface area contributed by atoms with Crippen molar-refractivity contribution in [2.75, 3.05) is 7.11 Å². The van der Waals surface area contributed by atoms with E-state index in [2.05, 4.69) is 20.7 Å². The van der Waals surface area contributed by atoms with Crippen molar-refractivity contribution < 1.29 is 18.7 Å². The van der Waals surface area contributed by atoms with Gasteiger partial charge in [-0.2, -0.15) is 0 Å². The molecule has 2 aromatic carbocycles. The molecule has 0 aromatic heterocycles. The Balaban J connectivity index is 2.00. The molecule has 3 nitrogen and oxygen atoms in total. The molecule has 0 spiro atoms. The fraction of sp³-hybridized carbons (Fsp3) is 0.133. The quantitative estimate of drug-likeness (QED) is 0.791. The Labute approximate surface area is 124 Å². The number of hydrogen-bond acceptors (Lipinski definition) is 3. The summed E-state index contributed by atoms with van der Waals surface area (Å²) in [6, 6.07) is 11.4. The number of benzene rings is 2. The molecule has 5 heteroatoms. The number of rotatable bonds is 4. The van der Waals surface area contributed by atoms with Crippen LogP contribution in [0.2, 0.25) is 0 Å². The van der Waals surface area contributed by atoms with Crippen LogP contribution in [0.1, 0.15) is 15.9 Å². The highest BCUT2D eigenvalue weighted by molar-refractivity contribution is 9.10. The van der Waals surface area contributed by atoms with Crippen LogP contribution in [0.15, 0.2) is 46.9 Å². The average molecular weight is 339 g/mol. The Morgan fingerprint density at radius 1 is 1.20 bits per heavy atom. The first-order valence-corrected chi connectivity index (χ1v) is 6.64. The van der Waals surface area contributed by atoms with Gasteiger partial charge in [0.25, 0.3) is 0 Å². The predicted octanol–water partition coefficient (Wildman–Crippen LogP) is 3.95. The summed E-state index contributed by atoms with van der Waals surface area (Å²) in [5.74, 6) is -0.143. The third kappa shape index (κ3) is 3.57. The fourth-order valence-electron chi connectivity index (χ4n) is 1.59. The van der Waals surface area contributed by atoms with Gasteiger partial charge in [0, 0.05) is 0 Å². The first kappa shape index (κ1) is 14.5. The van der Waals surface area contributed by atoms with Crippen LogP contribution in [0.5, 0.6) is 5.75 Å². The lowest BCUT2D eigenvalue weighted by molar-refractivity contribution is 0.0600. The second-order valence-electron chi connectivity index (χ2n) is 4.05. The molecule has 0 aliphatic carbocycles. The van der Waals surface area contributed by atoms with Gasteiger partial charge in [-0.15, -0.1) is 0 Å². The Bertz CT molecular complexity index is 611. The van der Waals surface area contributed by atoms with Crippen molar-refractivity contribution in [1.29, 1.82) is 0 Å². The maximum Gasteiger partial charge on any atom is 0.337 e. The molecular formula is C15H12BrFO3. The third-order valence-corrected chi connectivity index (χ3v) is 3.28. The summed E-state index contributed by atoms with van der Waals surface area (Å²) in [6.07, 6.45) is 0. The average Bonchev–Trinajstić information content (AvgIpc) is 2.48. The van der Waals surface area contributed by atoms with Crippen molar-refractivity contribution in [3.8, 4) is 5.75 Å². The number of ether oxygens (including phenoxy) is 2. The molecule has 20 heavy (non-hydrogen) atoms. The number of carbonyl (C=O) groups excluding carboxylic acids is 1. The zero-order chi connectivity index (χ0) is 14.5. The number of carbonyl (C=O) groups is 1. The van der Waals surface area contributed by atoms with E-state index in [0.717, 1.165) is 5.56 Å². The van der Waals surface area contributed by atoms with Crippen LogP contribution in [-0.4, -0.2) is 13.1 Å². The number of methoxy groups -OCH3 is 1. The second kappa shape index (κ2) is 6.52. The monoisotopic (exact) mass is 338 g/mol. The van der Waals surface area contributed by atoms with Gasteiger partial charge < -0.3 is 9.47 Å². The van der Waals surface area contributed by atoms with Crippen molar-refractivity contribution in [1.82, 2.24) is 0 Å². The van der Waals surface area contributed by atoms with Crippen LogP contribution < -0.4 is 4.74 Å². The fourth-order valence-corrected chi connectivity index (χ4v) is 1.95. The van der Waals surface area contributed by atoms with Gasteiger partial charge in [-0.05, 0) is 51.8 Å². The Morgan fingerprint density at radius 2 is 1.90 bits per heavy atom. The van der Waals surface area contributed by atoms with E-state index in [0.29, 0.717) is 22.4 Å². The third-order valence-electron chi connectivity index (χ3n) is 2.67. The van der Waals surface area contributed by atoms with E-state index in [1.807, 2.05) is 0 Å². The molecule has 0 saturated heterocycles. The lowest BCUT2D eigenvalue weighted by Gasteiger charge is -2.07. The zero-order valence-electron chi connectivity index (χ0n) is 10.7. The van der Waals surface area contributed by atoms with E-state index in [4.69, 9.17) is 4.74 Å². The molecule has 0 aliphatic heterocycles.